The summed E-state index contributed by atoms with van der Waals surface area (Å²) in [7, 11) is 6.94. The predicted octanol–water partition coefficient (Wildman–Crippen LogP) is 1.65. The van der Waals surface area contributed by atoms with Crippen LogP contribution in [0.4, 0.5) is 0 Å². The molecule has 1 rings (SSSR count). The monoisotopic (exact) mass is 267 g/mol. The smallest absolute Gasteiger partial charge is 0.304 e. The number of hydrogen-bond donors (Lipinski definition) is 1. The number of rotatable bonds is 7. The van der Waals surface area contributed by atoms with Crippen molar-refractivity contribution in [2.75, 3.05) is 28.3 Å². The third-order valence-electron chi connectivity index (χ3n) is 3.06. The van der Waals surface area contributed by atoms with Crippen molar-refractivity contribution in [1.29, 1.82) is 0 Å². The normalized spacial score (nSPS) is 12.3. The van der Waals surface area contributed by atoms with Crippen LogP contribution >= 0.6 is 0 Å². The average molecular weight is 267 g/mol. The lowest BCUT2D eigenvalue weighted by molar-refractivity contribution is -0.138. The fourth-order valence-electron chi connectivity index (χ4n) is 1.92. The molecular formula is C14H21NO4. The molecule has 1 aromatic carbocycles. The van der Waals surface area contributed by atoms with Gasteiger partial charge in [-0.25, -0.2) is 0 Å². The number of carboxylic acid groups (broad SMARTS) is 1. The molecule has 5 heteroatoms. The Hall–Kier alpha value is -1.75. The quantitative estimate of drug-likeness (QED) is 0.814. The van der Waals surface area contributed by atoms with Crippen LogP contribution in [0.2, 0.25) is 0 Å². The van der Waals surface area contributed by atoms with Crippen LogP contribution in [0.15, 0.2) is 18.2 Å². The summed E-state index contributed by atoms with van der Waals surface area (Å²) < 4.78 is 10.4. The lowest BCUT2D eigenvalue weighted by Gasteiger charge is -2.23. The maximum atomic E-state index is 10.9. The van der Waals surface area contributed by atoms with E-state index in [2.05, 4.69) is 0 Å². The van der Waals surface area contributed by atoms with Gasteiger partial charge in [-0.1, -0.05) is 6.07 Å². The summed E-state index contributed by atoms with van der Waals surface area (Å²) in [5.74, 6) is 0.540. The van der Waals surface area contributed by atoms with Crippen molar-refractivity contribution in [3.63, 3.8) is 0 Å². The number of aliphatic carboxylic acids is 1. The van der Waals surface area contributed by atoms with Gasteiger partial charge in [-0.3, -0.25) is 4.79 Å². The van der Waals surface area contributed by atoms with E-state index in [0.29, 0.717) is 17.9 Å². The van der Waals surface area contributed by atoms with E-state index in [1.807, 2.05) is 37.2 Å². The zero-order valence-electron chi connectivity index (χ0n) is 11.8. The molecule has 0 saturated heterocycles. The molecule has 0 spiro atoms. The molecule has 1 aromatic rings. The maximum absolute atomic E-state index is 10.9. The molecule has 106 valence electrons. The standard InChI is InChI=1S/C14H21NO4/c1-15(2)11(9-14(16)17)7-10-5-6-12(18-3)13(8-10)19-4/h5-6,8,11H,7,9H2,1-4H3,(H,16,17). The van der Waals surface area contributed by atoms with Crippen LogP contribution in [-0.4, -0.2) is 50.3 Å². The number of likely N-dealkylation sites (N-methyl/N-ethyl adjacent to an activating group) is 1. The van der Waals surface area contributed by atoms with Gasteiger partial charge in [-0.15, -0.1) is 0 Å². The van der Waals surface area contributed by atoms with E-state index in [1.54, 1.807) is 14.2 Å². The summed E-state index contributed by atoms with van der Waals surface area (Å²) in [6, 6.07) is 5.61. The van der Waals surface area contributed by atoms with E-state index < -0.39 is 5.97 Å². The molecular weight excluding hydrogens is 246 g/mol. The van der Waals surface area contributed by atoms with Gasteiger partial charge in [0, 0.05) is 6.04 Å². The zero-order chi connectivity index (χ0) is 14.4. The van der Waals surface area contributed by atoms with E-state index in [1.165, 1.54) is 0 Å². The number of carbonyl (C=O) groups is 1. The second kappa shape index (κ2) is 6.99. The molecule has 0 bridgehead atoms. The first-order valence-corrected chi connectivity index (χ1v) is 6.07. The lowest BCUT2D eigenvalue weighted by Crippen LogP contribution is -2.32. The van der Waals surface area contributed by atoms with Crippen LogP contribution in [0.3, 0.4) is 0 Å². The molecule has 0 heterocycles. The van der Waals surface area contributed by atoms with Gasteiger partial charge in [0.1, 0.15) is 0 Å². The molecule has 1 unspecified atom stereocenters. The minimum absolute atomic E-state index is 0.0457. The first-order valence-electron chi connectivity index (χ1n) is 6.07. The van der Waals surface area contributed by atoms with E-state index in [0.717, 1.165) is 5.56 Å². The van der Waals surface area contributed by atoms with Crippen molar-refractivity contribution < 1.29 is 19.4 Å². The van der Waals surface area contributed by atoms with Crippen LogP contribution < -0.4 is 9.47 Å². The SMILES string of the molecule is COc1ccc(CC(CC(=O)O)N(C)C)cc1OC. The molecule has 19 heavy (non-hydrogen) atoms. The maximum Gasteiger partial charge on any atom is 0.304 e. The van der Waals surface area contributed by atoms with Gasteiger partial charge >= 0.3 is 5.97 Å². The van der Waals surface area contributed by atoms with E-state index >= 15 is 0 Å². The average Bonchev–Trinajstić information content (AvgIpc) is 2.37. The summed E-state index contributed by atoms with van der Waals surface area (Å²) in [5, 5.41) is 8.92. The second-order valence-electron chi connectivity index (χ2n) is 4.61. The molecule has 0 aliphatic carbocycles. The number of methoxy groups -OCH3 is 2. The molecule has 0 aliphatic rings. The largest absolute Gasteiger partial charge is 0.493 e. The number of nitrogens with zero attached hydrogens (tertiary/aromatic N) is 1. The number of benzene rings is 1. The Morgan fingerprint density at radius 2 is 1.89 bits per heavy atom. The van der Waals surface area contributed by atoms with E-state index in [-0.39, 0.29) is 12.5 Å². The van der Waals surface area contributed by atoms with Gasteiger partial charge in [0.25, 0.3) is 0 Å². The van der Waals surface area contributed by atoms with Gasteiger partial charge < -0.3 is 19.5 Å². The summed E-state index contributed by atoms with van der Waals surface area (Å²) in [6.45, 7) is 0. The molecule has 0 aromatic heterocycles. The molecule has 0 radical (unpaired) electrons. The van der Waals surface area contributed by atoms with Gasteiger partial charge in [0.15, 0.2) is 11.5 Å². The molecule has 5 nitrogen and oxygen atoms in total. The van der Waals surface area contributed by atoms with Gasteiger partial charge in [0.05, 0.1) is 20.6 Å². The summed E-state index contributed by atoms with van der Waals surface area (Å²) in [4.78, 5) is 12.8. The minimum Gasteiger partial charge on any atom is -0.493 e. The fraction of sp³-hybridized carbons (Fsp3) is 0.500. The first-order chi connectivity index (χ1) is 8.97. The Bertz CT molecular complexity index is 431. The number of ether oxygens (including phenoxy) is 2. The lowest BCUT2D eigenvalue weighted by atomic mass is 10.0. The van der Waals surface area contributed by atoms with Crippen LogP contribution in [0.25, 0.3) is 0 Å². The summed E-state index contributed by atoms with van der Waals surface area (Å²) in [5.41, 5.74) is 1.03. The number of hydrogen-bond acceptors (Lipinski definition) is 4. The van der Waals surface area contributed by atoms with Crippen LogP contribution in [0, 0.1) is 0 Å². The molecule has 1 N–H and O–H groups in total. The van der Waals surface area contributed by atoms with Crippen LogP contribution in [0.1, 0.15) is 12.0 Å². The van der Waals surface area contributed by atoms with Crippen molar-refractivity contribution in [1.82, 2.24) is 4.90 Å². The second-order valence-corrected chi connectivity index (χ2v) is 4.61. The Morgan fingerprint density at radius 3 is 2.37 bits per heavy atom. The van der Waals surface area contributed by atoms with Gasteiger partial charge in [-0.05, 0) is 38.2 Å². The third-order valence-corrected chi connectivity index (χ3v) is 3.06. The van der Waals surface area contributed by atoms with Crippen molar-refractivity contribution in [3.8, 4) is 11.5 Å². The zero-order valence-corrected chi connectivity index (χ0v) is 11.8. The topological polar surface area (TPSA) is 59.0 Å². The molecule has 1 atom stereocenters. The highest BCUT2D eigenvalue weighted by molar-refractivity contribution is 5.67. The van der Waals surface area contributed by atoms with Gasteiger partial charge in [0.2, 0.25) is 0 Å². The Kier molecular flexibility index (Phi) is 5.63. The molecule has 0 saturated carbocycles. The van der Waals surface area contributed by atoms with E-state index in [9.17, 15) is 4.79 Å². The van der Waals surface area contributed by atoms with Crippen molar-refractivity contribution in [2.45, 2.75) is 18.9 Å². The summed E-state index contributed by atoms with van der Waals surface area (Å²) in [6.07, 6.45) is 0.765. The minimum atomic E-state index is -0.792. The highest BCUT2D eigenvalue weighted by Gasteiger charge is 2.17. The third kappa shape index (κ3) is 4.44. The molecule has 0 aliphatic heterocycles. The Balaban J connectivity index is 2.87. The van der Waals surface area contributed by atoms with Crippen LogP contribution in [-0.2, 0) is 11.2 Å². The highest BCUT2D eigenvalue weighted by atomic mass is 16.5. The fourth-order valence-corrected chi connectivity index (χ4v) is 1.92. The summed E-state index contributed by atoms with van der Waals surface area (Å²) >= 11 is 0. The predicted molar refractivity (Wildman–Crippen MR) is 73.0 cm³/mol. The molecule has 0 amide bonds. The van der Waals surface area contributed by atoms with Gasteiger partial charge in [-0.2, -0.15) is 0 Å². The van der Waals surface area contributed by atoms with Crippen molar-refractivity contribution in [2.24, 2.45) is 0 Å². The van der Waals surface area contributed by atoms with Crippen molar-refractivity contribution >= 4 is 5.97 Å². The Morgan fingerprint density at radius 1 is 1.26 bits per heavy atom. The van der Waals surface area contributed by atoms with E-state index in [4.69, 9.17) is 14.6 Å². The number of carboxylic acids is 1. The first kappa shape index (κ1) is 15.3. The van der Waals surface area contributed by atoms with Crippen molar-refractivity contribution in [3.05, 3.63) is 23.8 Å². The highest BCUT2D eigenvalue weighted by Crippen LogP contribution is 2.28. The van der Waals surface area contributed by atoms with Crippen LogP contribution in [0.5, 0.6) is 11.5 Å². The Labute approximate surface area is 113 Å². The molecule has 0 fully saturated rings.